The van der Waals surface area contributed by atoms with Crippen molar-refractivity contribution in [1.29, 1.82) is 0 Å². The van der Waals surface area contributed by atoms with Crippen molar-refractivity contribution in [3.05, 3.63) is 39.4 Å². The van der Waals surface area contributed by atoms with Crippen molar-refractivity contribution in [2.75, 3.05) is 13.2 Å². The summed E-state index contributed by atoms with van der Waals surface area (Å²) in [6.45, 7) is 1.10. The van der Waals surface area contributed by atoms with Crippen LogP contribution in [0.5, 0.6) is 0 Å². The van der Waals surface area contributed by atoms with E-state index >= 15 is 0 Å². The zero-order valence-corrected chi connectivity index (χ0v) is 9.67. The predicted octanol–water partition coefficient (Wildman–Crippen LogP) is 0.878. The minimum atomic E-state index is -0.409. The fraction of sp³-hybridized carbons (Fsp3) is 0.417. The average molecular weight is 248 g/mol. The summed E-state index contributed by atoms with van der Waals surface area (Å²) in [5.41, 5.74) is 2.02. The Morgan fingerprint density at radius 3 is 3.00 bits per heavy atom. The van der Waals surface area contributed by atoms with Crippen LogP contribution >= 0.6 is 0 Å². The summed E-state index contributed by atoms with van der Waals surface area (Å²) >= 11 is 0. The first-order valence-corrected chi connectivity index (χ1v) is 5.78. The summed E-state index contributed by atoms with van der Waals surface area (Å²) in [7, 11) is 0. The van der Waals surface area contributed by atoms with Gasteiger partial charge in [0, 0.05) is 18.7 Å². The highest BCUT2D eigenvalue weighted by atomic mass is 16.6. The number of ether oxygens (including phenoxy) is 1. The van der Waals surface area contributed by atoms with Gasteiger partial charge in [-0.2, -0.15) is 0 Å². The number of hydrogen-bond acceptors (Lipinski definition) is 4. The van der Waals surface area contributed by atoms with E-state index in [4.69, 9.17) is 4.74 Å². The van der Waals surface area contributed by atoms with Crippen molar-refractivity contribution in [1.82, 2.24) is 4.90 Å². The molecule has 6 heteroatoms. The van der Waals surface area contributed by atoms with E-state index in [9.17, 15) is 14.9 Å². The number of nitro groups is 1. The second kappa shape index (κ2) is 4.06. The molecule has 3 rings (SSSR count). The maximum absolute atomic E-state index is 11.7. The molecule has 0 saturated carbocycles. The third-order valence-electron chi connectivity index (χ3n) is 3.49. The SMILES string of the molecule is O=C1COCC2Cc3ccc([N+](=O)[O-])cc3CN12. The summed E-state index contributed by atoms with van der Waals surface area (Å²) in [4.78, 5) is 23.8. The lowest BCUT2D eigenvalue weighted by Gasteiger charge is -2.39. The Morgan fingerprint density at radius 2 is 2.22 bits per heavy atom. The maximum Gasteiger partial charge on any atom is 0.269 e. The van der Waals surface area contributed by atoms with Crippen LogP contribution in [-0.2, 0) is 22.5 Å². The van der Waals surface area contributed by atoms with Gasteiger partial charge >= 0.3 is 0 Å². The average Bonchev–Trinajstić information content (AvgIpc) is 2.36. The lowest BCUT2D eigenvalue weighted by molar-refractivity contribution is -0.385. The van der Waals surface area contributed by atoms with Crippen LogP contribution in [0.25, 0.3) is 0 Å². The van der Waals surface area contributed by atoms with Gasteiger partial charge < -0.3 is 9.64 Å². The van der Waals surface area contributed by atoms with E-state index in [0.717, 1.165) is 11.1 Å². The first kappa shape index (κ1) is 11.2. The quantitative estimate of drug-likeness (QED) is 0.546. The molecule has 1 saturated heterocycles. The van der Waals surface area contributed by atoms with Crippen molar-refractivity contribution >= 4 is 11.6 Å². The Hall–Kier alpha value is -1.95. The number of nitro benzene ring substituents is 1. The van der Waals surface area contributed by atoms with Gasteiger partial charge in [0.15, 0.2) is 0 Å². The number of amides is 1. The number of carbonyl (C=O) groups excluding carboxylic acids is 1. The summed E-state index contributed by atoms with van der Waals surface area (Å²) in [6.07, 6.45) is 0.707. The summed E-state index contributed by atoms with van der Waals surface area (Å²) in [6, 6.07) is 4.93. The van der Waals surface area contributed by atoms with Gasteiger partial charge in [0.25, 0.3) is 5.69 Å². The number of hydrogen-bond donors (Lipinski definition) is 0. The summed E-state index contributed by atoms with van der Waals surface area (Å²) in [5.74, 6) is -0.0385. The molecule has 0 aliphatic carbocycles. The van der Waals surface area contributed by atoms with E-state index in [-0.39, 0.29) is 24.2 Å². The van der Waals surface area contributed by atoms with E-state index in [2.05, 4.69) is 0 Å². The number of carbonyl (C=O) groups is 1. The first-order valence-electron chi connectivity index (χ1n) is 5.78. The van der Waals surface area contributed by atoms with Gasteiger partial charge in [-0.05, 0) is 17.5 Å². The van der Waals surface area contributed by atoms with Crippen molar-refractivity contribution in [3.63, 3.8) is 0 Å². The van der Waals surface area contributed by atoms with E-state index in [1.54, 1.807) is 17.0 Å². The smallest absolute Gasteiger partial charge is 0.269 e. The zero-order chi connectivity index (χ0) is 12.7. The molecule has 2 aliphatic heterocycles. The lowest BCUT2D eigenvalue weighted by Crippen LogP contribution is -2.52. The Kier molecular flexibility index (Phi) is 2.52. The molecular weight excluding hydrogens is 236 g/mol. The van der Waals surface area contributed by atoms with Crippen LogP contribution in [0.1, 0.15) is 11.1 Å². The number of fused-ring (bicyclic) bond motifs is 2. The van der Waals surface area contributed by atoms with Gasteiger partial charge in [-0.3, -0.25) is 14.9 Å². The molecule has 0 bridgehead atoms. The number of non-ortho nitro benzene ring substituents is 1. The molecule has 94 valence electrons. The van der Waals surface area contributed by atoms with E-state index in [1.807, 2.05) is 0 Å². The van der Waals surface area contributed by atoms with Crippen molar-refractivity contribution < 1.29 is 14.5 Å². The fourth-order valence-corrected chi connectivity index (χ4v) is 2.55. The minimum Gasteiger partial charge on any atom is -0.369 e. The molecule has 1 aromatic carbocycles. The van der Waals surface area contributed by atoms with Crippen molar-refractivity contribution in [3.8, 4) is 0 Å². The molecule has 0 radical (unpaired) electrons. The van der Waals surface area contributed by atoms with Gasteiger partial charge in [0.05, 0.1) is 17.6 Å². The monoisotopic (exact) mass is 248 g/mol. The molecular formula is C12H12N2O4. The van der Waals surface area contributed by atoms with Crippen LogP contribution in [0.2, 0.25) is 0 Å². The third kappa shape index (κ3) is 1.74. The molecule has 1 fully saturated rings. The number of morpholine rings is 1. The molecule has 18 heavy (non-hydrogen) atoms. The summed E-state index contributed by atoms with van der Waals surface area (Å²) < 4.78 is 5.23. The standard InChI is InChI=1S/C12H12N2O4/c15-12-7-18-6-11-3-8-1-2-10(14(16)17)4-9(8)5-13(11)12/h1-2,4,11H,3,5-7H2. The number of benzene rings is 1. The molecule has 6 nitrogen and oxygen atoms in total. The predicted molar refractivity (Wildman–Crippen MR) is 62.0 cm³/mol. The number of nitrogens with zero attached hydrogens (tertiary/aromatic N) is 2. The van der Waals surface area contributed by atoms with Gasteiger partial charge in [-0.25, -0.2) is 0 Å². The topological polar surface area (TPSA) is 72.7 Å². The molecule has 0 aromatic heterocycles. The Labute approximate surface area is 103 Å². The molecule has 0 N–H and O–H groups in total. The van der Waals surface area contributed by atoms with Crippen molar-refractivity contribution in [2.24, 2.45) is 0 Å². The van der Waals surface area contributed by atoms with Crippen LogP contribution in [0.15, 0.2) is 18.2 Å². The van der Waals surface area contributed by atoms with Crippen LogP contribution in [0.3, 0.4) is 0 Å². The second-order valence-electron chi connectivity index (χ2n) is 4.60. The third-order valence-corrected chi connectivity index (χ3v) is 3.49. The van der Waals surface area contributed by atoms with Crippen LogP contribution in [0, 0.1) is 10.1 Å². The molecule has 1 amide bonds. The minimum absolute atomic E-state index is 0.0385. The molecule has 2 aliphatic rings. The summed E-state index contributed by atoms with van der Waals surface area (Å²) in [5, 5.41) is 10.7. The molecule has 2 heterocycles. The zero-order valence-electron chi connectivity index (χ0n) is 9.67. The maximum atomic E-state index is 11.7. The normalized spacial score (nSPS) is 22.3. The van der Waals surface area contributed by atoms with Crippen LogP contribution < -0.4 is 0 Å². The largest absolute Gasteiger partial charge is 0.369 e. The Balaban J connectivity index is 1.95. The highest BCUT2D eigenvalue weighted by Crippen LogP contribution is 2.28. The van der Waals surface area contributed by atoms with Crippen LogP contribution in [-0.4, -0.2) is 35.0 Å². The molecule has 1 aromatic rings. The van der Waals surface area contributed by atoms with Gasteiger partial charge in [0.2, 0.25) is 5.91 Å². The van der Waals surface area contributed by atoms with Gasteiger partial charge in [0.1, 0.15) is 6.61 Å². The highest BCUT2D eigenvalue weighted by Gasteiger charge is 2.33. The van der Waals surface area contributed by atoms with Gasteiger partial charge in [-0.1, -0.05) is 6.07 Å². The van der Waals surface area contributed by atoms with E-state index < -0.39 is 4.92 Å². The fourth-order valence-electron chi connectivity index (χ4n) is 2.55. The second-order valence-corrected chi connectivity index (χ2v) is 4.60. The molecule has 0 spiro atoms. The lowest BCUT2D eigenvalue weighted by atomic mass is 9.93. The first-order chi connectivity index (χ1) is 8.65. The van der Waals surface area contributed by atoms with Crippen LogP contribution in [0.4, 0.5) is 5.69 Å². The van der Waals surface area contributed by atoms with E-state index in [0.29, 0.717) is 19.6 Å². The number of rotatable bonds is 1. The molecule has 1 unspecified atom stereocenters. The Morgan fingerprint density at radius 1 is 1.39 bits per heavy atom. The van der Waals surface area contributed by atoms with Gasteiger partial charge in [-0.15, -0.1) is 0 Å². The van der Waals surface area contributed by atoms with E-state index in [1.165, 1.54) is 6.07 Å². The molecule has 1 atom stereocenters. The highest BCUT2D eigenvalue weighted by molar-refractivity contribution is 5.79. The Bertz CT molecular complexity index is 529. The van der Waals surface area contributed by atoms with Crippen molar-refractivity contribution in [2.45, 2.75) is 19.0 Å².